The Kier molecular flexibility index (Phi) is 11.3. The van der Waals surface area contributed by atoms with Gasteiger partial charge in [0.1, 0.15) is 6.54 Å². The fourth-order valence-corrected chi connectivity index (χ4v) is 2.77. The first-order chi connectivity index (χ1) is 13.5. The van der Waals surface area contributed by atoms with Crippen LogP contribution in [0.5, 0.6) is 0 Å². The Labute approximate surface area is 190 Å². The van der Waals surface area contributed by atoms with Crippen LogP contribution in [0.3, 0.4) is 0 Å². The second-order valence-electron chi connectivity index (χ2n) is 7.39. The molecule has 7 nitrogen and oxygen atoms in total. The van der Waals surface area contributed by atoms with Crippen molar-refractivity contribution in [3.05, 3.63) is 48.3 Å². The molecule has 0 fully saturated rings. The molecule has 1 atom stereocenters. The minimum atomic E-state index is -0.106. The summed E-state index contributed by atoms with van der Waals surface area (Å²) in [6.45, 7) is 7.46. The van der Waals surface area contributed by atoms with Crippen molar-refractivity contribution in [3.8, 4) is 0 Å². The quantitative estimate of drug-likeness (QED) is 0.272. The van der Waals surface area contributed by atoms with E-state index >= 15 is 0 Å². The molecule has 2 rings (SSSR count). The largest absolute Gasteiger partial charge is 0.354 e. The van der Waals surface area contributed by atoms with E-state index in [0.29, 0.717) is 18.5 Å². The third-order valence-electron chi connectivity index (χ3n) is 4.32. The maximum absolute atomic E-state index is 12.1. The number of halogens is 1. The molecule has 2 aromatic rings. The smallest absolute Gasteiger partial charge is 0.246 e. The Hall–Kier alpha value is -2.10. The van der Waals surface area contributed by atoms with Crippen LogP contribution in [0.2, 0.25) is 0 Å². The van der Waals surface area contributed by atoms with E-state index < -0.39 is 0 Å². The van der Waals surface area contributed by atoms with Crippen molar-refractivity contribution in [3.63, 3.8) is 0 Å². The first-order valence-corrected chi connectivity index (χ1v) is 9.79. The number of nitrogens with zero attached hydrogens (tertiary/aromatic N) is 3. The zero-order chi connectivity index (χ0) is 20.4. The molecular weight excluding hydrogens is 479 g/mol. The highest BCUT2D eigenvalue weighted by atomic mass is 127. The number of benzene rings is 1. The average molecular weight is 512 g/mol. The molecule has 3 N–H and O–H groups in total. The van der Waals surface area contributed by atoms with Gasteiger partial charge in [-0.1, -0.05) is 26.0 Å². The number of carbonyl (C=O) groups is 1. The van der Waals surface area contributed by atoms with Crippen molar-refractivity contribution < 1.29 is 4.79 Å². The molecule has 0 aliphatic heterocycles. The first kappa shape index (κ1) is 24.9. The van der Waals surface area contributed by atoms with Crippen LogP contribution in [-0.2, 0) is 17.9 Å². The second-order valence-corrected chi connectivity index (χ2v) is 7.39. The van der Waals surface area contributed by atoms with Crippen molar-refractivity contribution in [1.29, 1.82) is 0 Å². The Balaban J connectivity index is 0.00000420. The van der Waals surface area contributed by atoms with Crippen LogP contribution in [-0.4, -0.2) is 34.7 Å². The topological polar surface area (TPSA) is 83.3 Å². The van der Waals surface area contributed by atoms with Gasteiger partial charge in [-0.3, -0.25) is 14.5 Å². The van der Waals surface area contributed by atoms with Crippen molar-refractivity contribution in [2.24, 2.45) is 10.9 Å². The second kappa shape index (κ2) is 13.2. The van der Waals surface area contributed by atoms with Gasteiger partial charge in [0, 0.05) is 37.7 Å². The fourth-order valence-electron chi connectivity index (χ4n) is 2.77. The molecule has 160 valence electrons. The normalized spacial score (nSPS) is 12.2. The Morgan fingerprint density at radius 1 is 1.21 bits per heavy atom. The molecule has 1 heterocycles. The molecule has 1 unspecified atom stereocenters. The summed E-state index contributed by atoms with van der Waals surface area (Å²) in [5.41, 5.74) is 1.83. The fraction of sp³-hybridized carbons (Fsp3) is 0.476. The van der Waals surface area contributed by atoms with E-state index in [-0.39, 0.29) is 36.4 Å². The number of rotatable bonds is 9. The number of hydrogen-bond acceptors (Lipinski definition) is 3. The third-order valence-corrected chi connectivity index (χ3v) is 4.32. The molecule has 0 bridgehead atoms. The SMILES string of the molecule is CN=C(NCc1cccc(NC(=O)Cn2cccn2)c1)NC(C)CCC(C)C.I. The zero-order valence-electron chi connectivity index (χ0n) is 17.7. The van der Waals surface area contributed by atoms with Gasteiger partial charge in [0.05, 0.1) is 0 Å². The molecule has 1 amide bonds. The Bertz CT molecular complexity index is 760. The molecule has 1 aromatic carbocycles. The van der Waals surface area contributed by atoms with E-state index in [1.54, 1.807) is 30.2 Å². The maximum atomic E-state index is 12.1. The van der Waals surface area contributed by atoms with E-state index in [0.717, 1.165) is 23.6 Å². The number of nitrogens with one attached hydrogen (secondary N) is 3. The Morgan fingerprint density at radius 3 is 2.66 bits per heavy atom. The number of carbonyl (C=O) groups excluding carboxylic acids is 1. The summed E-state index contributed by atoms with van der Waals surface area (Å²) in [5, 5.41) is 13.7. The van der Waals surface area contributed by atoms with E-state index in [1.165, 1.54) is 6.42 Å². The minimum absolute atomic E-state index is 0. The molecular formula is C21H33IN6O. The van der Waals surface area contributed by atoms with Crippen LogP contribution >= 0.6 is 24.0 Å². The predicted octanol–water partition coefficient (Wildman–Crippen LogP) is 3.63. The van der Waals surface area contributed by atoms with Gasteiger partial charge < -0.3 is 16.0 Å². The molecule has 0 saturated carbocycles. The van der Waals surface area contributed by atoms with Crippen LogP contribution in [0.15, 0.2) is 47.7 Å². The number of anilines is 1. The first-order valence-electron chi connectivity index (χ1n) is 9.79. The van der Waals surface area contributed by atoms with E-state index in [2.05, 4.69) is 46.8 Å². The van der Waals surface area contributed by atoms with E-state index in [4.69, 9.17) is 0 Å². The molecule has 8 heteroatoms. The van der Waals surface area contributed by atoms with Crippen LogP contribution in [0, 0.1) is 5.92 Å². The summed E-state index contributed by atoms with van der Waals surface area (Å²) in [6.07, 6.45) is 5.71. The number of amides is 1. The van der Waals surface area contributed by atoms with Crippen LogP contribution in [0.4, 0.5) is 5.69 Å². The van der Waals surface area contributed by atoms with Gasteiger partial charge in [-0.25, -0.2) is 0 Å². The van der Waals surface area contributed by atoms with Gasteiger partial charge in [0.2, 0.25) is 5.91 Å². The number of aromatic nitrogens is 2. The average Bonchev–Trinajstić information content (AvgIpc) is 3.16. The highest BCUT2D eigenvalue weighted by molar-refractivity contribution is 14.0. The standard InChI is InChI=1S/C21H32N6O.HI/c1-16(2)9-10-17(3)25-21(22-4)23-14-18-7-5-8-19(13-18)26-20(28)15-27-12-6-11-24-27;/h5-8,11-13,16-17H,9-10,14-15H2,1-4H3,(H,26,28)(H2,22,23,25);1H. The summed E-state index contributed by atoms with van der Waals surface area (Å²) in [5.74, 6) is 1.38. The summed E-state index contributed by atoms with van der Waals surface area (Å²) < 4.78 is 1.59. The molecule has 1 aromatic heterocycles. The van der Waals surface area contributed by atoms with E-state index in [9.17, 15) is 4.79 Å². The molecule has 29 heavy (non-hydrogen) atoms. The van der Waals surface area contributed by atoms with Gasteiger partial charge in [-0.15, -0.1) is 24.0 Å². The van der Waals surface area contributed by atoms with Gasteiger partial charge in [0.15, 0.2) is 5.96 Å². The highest BCUT2D eigenvalue weighted by Crippen LogP contribution is 2.11. The highest BCUT2D eigenvalue weighted by Gasteiger charge is 2.07. The minimum Gasteiger partial charge on any atom is -0.354 e. The van der Waals surface area contributed by atoms with Crippen LogP contribution in [0.25, 0.3) is 0 Å². The summed E-state index contributed by atoms with van der Waals surface area (Å²) >= 11 is 0. The number of hydrogen-bond donors (Lipinski definition) is 3. The lowest BCUT2D eigenvalue weighted by Gasteiger charge is -2.19. The molecule has 0 spiro atoms. The van der Waals surface area contributed by atoms with Gasteiger partial charge in [-0.05, 0) is 49.4 Å². The van der Waals surface area contributed by atoms with Gasteiger partial charge >= 0.3 is 0 Å². The summed E-state index contributed by atoms with van der Waals surface area (Å²) in [6, 6.07) is 9.95. The van der Waals surface area contributed by atoms with Crippen molar-refractivity contribution in [1.82, 2.24) is 20.4 Å². The van der Waals surface area contributed by atoms with Crippen LogP contribution < -0.4 is 16.0 Å². The van der Waals surface area contributed by atoms with Crippen LogP contribution in [0.1, 0.15) is 39.2 Å². The molecule has 0 saturated heterocycles. The number of aliphatic imine (C=N–C) groups is 1. The molecule has 0 aliphatic rings. The summed E-state index contributed by atoms with van der Waals surface area (Å²) in [7, 11) is 1.77. The molecule has 0 aliphatic carbocycles. The summed E-state index contributed by atoms with van der Waals surface area (Å²) in [4.78, 5) is 16.4. The monoisotopic (exact) mass is 512 g/mol. The van der Waals surface area contributed by atoms with Gasteiger partial charge in [0.25, 0.3) is 0 Å². The van der Waals surface area contributed by atoms with Crippen molar-refractivity contribution in [2.45, 2.75) is 52.7 Å². The van der Waals surface area contributed by atoms with Gasteiger partial charge in [-0.2, -0.15) is 5.10 Å². The van der Waals surface area contributed by atoms with Crippen molar-refractivity contribution >= 4 is 41.5 Å². The lowest BCUT2D eigenvalue weighted by atomic mass is 10.0. The lowest BCUT2D eigenvalue weighted by molar-refractivity contribution is -0.116. The molecule has 0 radical (unpaired) electrons. The Morgan fingerprint density at radius 2 is 2.00 bits per heavy atom. The lowest BCUT2D eigenvalue weighted by Crippen LogP contribution is -2.41. The maximum Gasteiger partial charge on any atom is 0.246 e. The number of guanidine groups is 1. The van der Waals surface area contributed by atoms with Crippen molar-refractivity contribution in [2.75, 3.05) is 12.4 Å². The predicted molar refractivity (Wildman–Crippen MR) is 130 cm³/mol. The third kappa shape index (κ3) is 9.78. The zero-order valence-corrected chi connectivity index (χ0v) is 20.0. The van der Waals surface area contributed by atoms with E-state index in [1.807, 2.05) is 24.3 Å².